The van der Waals surface area contributed by atoms with Crippen LogP contribution in [0, 0.1) is 62.6 Å². The van der Waals surface area contributed by atoms with Gasteiger partial charge in [0.15, 0.2) is 0 Å². The third kappa shape index (κ3) is 4.72. The van der Waals surface area contributed by atoms with Crippen LogP contribution < -0.4 is 5.32 Å². The lowest BCUT2D eigenvalue weighted by molar-refractivity contribution is -0.250. The Morgan fingerprint density at radius 1 is 0.837 bits per heavy atom. The van der Waals surface area contributed by atoms with Gasteiger partial charge < -0.3 is 15.2 Å². The molecule has 5 saturated carbocycles. The Labute approximate surface area is 261 Å². The zero-order valence-corrected chi connectivity index (χ0v) is 28.7. The summed E-state index contributed by atoms with van der Waals surface area (Å²) in [4.78, 5) is 38.4. The molecule has 6 heteroatoms. The molecule has 0 radical (unpaired) electrons. The first-order chi connectivity index (χ1) is 20.0. The van der Waals surface area contributed by atoms with Gasteiger partial charge in [-0.15, -0.1) is 0 Å². The van der Waals surface area contributed by atoms with Crippen LogP contribution in [0.5, 0.6) is 0 Å². The summed E-state index contributed by atoms with van der Waals surface area (Å²) in [6.45, 7) is 20.8. The van der Waals surface area contributed by atoms with E-state index in [1.165, 1.54) is 19.3 Å². The summed E-state index contributed by atoms with van der Waals surface area (Å²) in [6, 6.07) is -0.864. The summed E-state index contributed by atoms with van der Waals surface area (Å²) in [5, 5.41) is 12.5. The summed E-state index contributed by atoms with van der Waals surface area (Å²) in [5.41, 5.74) is 0.0286. The second kappa shape index (κ2) is 11.0. The van der Waals surface area contributed by atoms with E-state index in [-0.39, 0.29) is 39.6 Å². The number of esters is 1. The normalized spacial score (nSPS) is 45.6. The molecule has 5 fully saturated rings. The van der Waals surface area contributed by atoms with Crippen molar-refractivity contribution in [3.8, 4) is 0 Å². The molecule has 3 unspecified atom stereocenters. The van der Waals surface area contributed by atoms with Gasteiger partial charge in [0.2, 0.25) is 5.91 Å². The van der Waals surface area contributed by atoms with E-state index in [2.05, 4.69) is 53.8 Å². The maximum absolute atomic E-state index is 14.1. The molecule has 5 aliphatic carbocycles. The summed E-state index contributed by atoms with van der Waals surface area (Å²) in [5.74, 6) is 1.91. The Morgan fingerprint density at radius 3 is 2.16 bits per heavy atom. The number of carboxylic acids is 1. The summed E-state index contributed by atoms with van der Waals surface area (Å²) in [7, 11) is 0. The third-order valence-corrected chi connectivity index (χ3v) is 15.2. The van der Waals surface area contributed by atoms with Crippen molar-refractivity contribution in [2.24, 2.45) is 62.6 Å². The summed E-state index contributed by atoms with van der Waals surface area (Å²) >= 11 is 0. The van der Waals surface area contributed by atoms with Gasteiger partial charge in [0.25, 0.3) is 0 Å². The van der Waals surface area contributed by atoms with E-state index in [0.29, 0.717) is 41.9 Å². The zero-order chi connectivity index (χ0) is 31.8. The summed E-state index contributed by atoms with van der Waals surface area (Å²) in [6.07, 6.45) is 12.0. The Bertz CT molecular complexity index is 1120. The maximum Gasteiger partial charge on any atom is 0.325 e. The minimum absolute atomic E-state index is 0.00163. The number of hydrogen-bond acceptors (Lipinski definition) is 4. The average molecular weight is 600 g/mol. The van der Waals surface area contributed by atoms with Crippen LogP contribution in [0.25, 0.3) is 0 Å². The number of carbonyl (C=O) groups is 3. The molecule has 5 aliphatic rings. The van der Waals surface area contributed by atoms with Gasteiger partial charge in [-0.1, -0.05) is 55.4 Å². The van der Waals surface area contributed by atoms with Gasteiger partial charge in [-0.25, -0.2) is 0 Å². The Kier molecular flexibility index (Phi) is 8.42. The van der Waals surface area contributed by atoms with Crippen molar-refractivity contribution < 1.29 is 24.2 Å². The molecular formula is C37H61NO5. The Morgan fingerprint density at radius 2 is 1.53 bits per heavy atom. The van der Waals surface area contributed by atoms with E-state index in [4.69, 9.17) is 4.74 Å². The molecule has 6 nitrogen and oxygen atoms in total. The quantitative estimate of drug-likeness (QED) is 0.289. The van der Waals surface area contributed by atoms with E-state index in [1.807, 2.05) is 6.92 Å². The van der Waals surface area contributed by atoms with Crippen LogP contribution in [0.2, 0.25) is 0 Å². The number of nitrogens with one attached hydrogen (secondary N) is 1. The van der Waals surface area contributed by atoms with E-state index >= 15 is 0 Å². The molecule has 0 heterocycles. The van der Waals surface area contributed by atoms with Crippen molar-refractivity contribution in [2.45, 2.75) is 152 Å². The molecule has 0 spiro atoms. The Balaban J connectivity index is 1.47. The smallest absolute Gasteiger partial charge is 0.325 e. The second-order valence-corrected chi connectivity index (χ2v) is 17.4. The molecular weight excluding hydrogens is 538 g/mol. The van der Waals surface area contributed by atoms with Crippen LogP contribution in [0.1, 0.15) is 139 Å². The van der Waals surface area contributed by atoms with Gasteiger partial charge in [-0.3, -0.25) is 14.4 Å². The molecule has 43 heavy (non-hydrogen) atoms. The zero-order valence-electron chi connectivity index (χ0n) is 28.7. The lowest BCUT2D eigenvalue weighted by atomic mass is 9.32. The van der Waals surface area contributed by atoms with Gasteiger partial charge in [0, 0.05) is 11.8 Å². The minimum atomic E-state index is -0.962. The van der Waals surface area contributed by atoms with Crippen LogP contribution in [0.4, 0.5) is 0 Å². The second-order valence-electron chi connectivity index (χ2n) is 17.4. The molecule has 244 valence electrons. The molecule has 0 aromatic heterocycles. The van der Waals surface area contributed by atoms with Crippen LogP contribution in [-0.4, -0.2) is 35.1 Å². The lowest BCUT2D eigenvalue weighted by Gasteiger charge is -2.73. The van der Waals surface area contributed by atoms with E-state index in [9.17, 15) is 19.5 Å². The van der Waals surface area contributed by atoms with E-state index < -0.39 is 17.4 Å². The van der Waals surface area contributed by atoms with Crippen molar-refractivity contribution in [3.63, 3.8) is 0 Å². The fourth-order valence-electron chi connectivity index (χ4n) is 12.8. The number of carbonyl (C=O) groups excluding carboxylic acids is 2. The standard InChI is InChI=1S/C37H61NO5/c1-10-11-29(39)43-28-16-17-34(7)26(33(28,5)6)15-18-36(9)27(34)13-12-25-30-24(22(2)3)14-19-37(30,21-20-35(25,36)8)32(42)38-23(4)31(40)41/h22-28,30H,10-21H2,1-9H3,(H,38,42)(H,40,41)/t23-,24-,25?,26?,27?,28+,30-,34-,35+,36+,37-/m0/s1. The predicted molar refractivity (Wildman–Crippen MR) is 169 cm³/mol. The van der Waals surface area contributed by atoms with E-state index in [0.717, 1.165) is 51.4 Å². The van der Waals surface area contributed by atoms with Crippen LogP contribution >= 0.6 is 0 Å². The SMILES string of the molecule is CCCC(=O)O[C@@H]1CC[C@@]2(C)C(CC[C@]3(C)C2CCC2[C@@H]4[C@H](C(C)C)CC[C@]4(C(=O)N[C@@H](C)C(=O)O)CC[C@]23C)C1(C)C. The van der Waals surface area contributed by atoms with Crippen molar-refractivity contribution >= 4 is 17.8 Å². The van der Waals surface area contributed by atoms with Crippen molar-refractivity contribution in [3.05, 3.63) is 0 Å². The molecule has 0 aromatic carbocycles. The molecule has 0 aliphatic heterocycles. The average Bonchev–Trinajstić information content (AvgIpc) is 3.32. The molecule has 2 N–H and O–H groups in total. The van der Waals surface area contributed by atoms with Gasteiger partial charge >= 0.3 is 11.9 Å². The van der Waals surface area contributed by atoms with Gasteiger partial charge in [0.1, 0.15) is 12.1 Å². The number of rotatable bonds is 7. The molecule has 11 atom stereocenters. The van der Waals surface area contributed by atoms with Gasteiger partial charge in [-0.2, -0.15) is 0 Å². The molecule has 5 rings (SSSR count). The first kappa shape index (κ1) is 32.8. The highest BCUT2D eigenvalue weighted by Gasteiger charge is 2.72. The lowest BCUT2D eigenvalue weighted by Crippen LogP contribution is -2.67. The highest BCUT2D eigenvalue weighted by Crippen LogP contribution is 2.77. The molecule has 0 aromatic rings. The highest BCUT2D eigenvalue weighted by molar-refractivity contribution is 5.88. The predicted octanol–water partition coefficient (Wildman–Crippen LogP) is 8.03. The van der Waals surface area contributed by atoms with Crippen molar-refractivity contribution in [1.29, 1.82) is 0 Å². The van der Waals surface area contributed by atoms with E-state index in [1.54, 1.807) is 6.92 Å². The third-order valence-electron chi connectivity index (χ3n) is 15.2. The number of carboxylic acid groups (broad SMARTS) is 1. The van der Waals surface area contributed by atoms with Gasteiger partial charge in [0.05, 0.1) is 5.41 Å². The highest BCUT2D eigenvalue weighted by atomic mass is 16.5. The maximum atomic E-state index is 14.1. The summed E-state index contributed by atoms with van der Waals surface area (Å²) < 4.78 is 6.15. The minimum Gasteiger partial charge on any atom is -0.480 e. The number of fused-ring (bicyclic) bond motifs is 7. The topological polar surface area (TPSA) is 92.7 Å². The monoisotopic (exact) mass is 599 g/mol. The molecule has 0 bridgehead atoms. The molecule has 0 saturated heterocycles. The van der Waals surface area contributed by atoms with Crippen LogP contribution in [0.15, 0.2) is 0 Å². The van der Waals surface area contributed by atoms with Crippen LogP contribution in [-0.2, 0) is 19.1 Å². The van der Waals surface area contributed by atoms with Gasteiger partial charge in [-0.05, 0) is 129 Å². The number of amides is 1. The fourth-order valence-corrected chi connectivity index (χ4v) is 12.8. The Hall–Kier alpha value is -1.59. The number of ether oxygens (including phenoxy) is 1. The molecule has 1 amide bonds. The number of aliphatic carboxylic acids is 1. The number of hydrogen-bond donors (Lipinski definition) is 2. The van der Waals surface area contributed by atoms with Crippen molar-refractivity contribution in [2.75, 3.05) is 0 Å². The first-order valence-corrected chi connectivity index (χ1v) is 17.7. The largest absolute Gasteiger partial charge is 0.480 e. The first-order valence-electron chi connectivity index (χ1n) is 17.7. The fraction of sp³-hybridized carbons (Fsp3) is 0.919. The van der Waals surface area contributed by atoms with Crippen molar-refractivity contribution in [1.82, 2.24) is 5.32 Å². The van der Waals surface area contributed by atoms with Crippen LogP contribution in [0.3, 0.4) is 0 Å².